The highest BCUT2D eigenvalue weighted by molar-refractivity contribution is 6.00. The molecule has 150 valence electrons. The van der Waals surface area contributed by atoms with Gasteiger partial charge in [0.15, 0.2) is 0 Å². The van der Waals surface area contributed by atoms with Gasteiger partial charge in [0.2, 0.25) is 5.95 Å². The maximum absolute atomic E-state index is 13.2. The fraction of sp³-hybridized carbons (Fsp3) is 0.318. The number of rotatable bonds is 5. The minimum Gasteiger partial charge on any atom is -0.497 e. The van der Waals surface area contributed by atoms with Crippen molar-refractivity contribution in [2.24, 2.45) is 0 Å². The number of carbonyl (C=O) groups excluding carboxylic acids is 1. The molecule has 0 bridgehead atoms. The van der Waals surface area contributed by atoms with Gasteiger partial charge in [0, 0.05) is 18.7 Å². The highest BCUT2D eigenvalue weighted by atomic mass is 16.5. The molecule has 1 aliphatic rings. The van der Waals surface area contributed by atoms with Crippen LogP contribution in [0.15, 0.2) is 54.6 Å². The summed E-state index contributed by atoms with van der Waals surface area (Å²) in [6.07, 6.45) is 4.21. The lowest BCUT2D eigenvalue weighted by Crippen LogP contribution is -2.36. The van der Waals surface area contributed by atoms with Crippen LogP contribution in [0.1, 0.15) is 30.7 Å². The van der Waals surface area contributed by atoms with Crippen molar-refractivity contribution in [3.63, 3.8) is 0 Å². The van der Waals surface area contributed by atoms with Crippen LogP contribution < -0.4 is 15.0 Å². The Labute approximate surface area is 170 Å². The molecule has 2 amide bonds. The van der Waals surface area contributed by atoms with E-state index in [-0.39, 0.29) is 6.03 Å². The maximum Gasteiger partial charge on any atom is 0.329 e. The van der Waals surface area contributed by atoms with Gasteiger partial charge in [-0.15, -0.1) is 10.2 Å². The number of aromatic nitrogens is 3. The number of carbonyl (C=O) groups is 1. The Balaban J connectivity index is 1.67. The monoisotopic (exact) mass is 391 g/mol. The van der Waals surface area contributed by atoms with E-state index in [1.165, 1.54) is 0 Å². The second-order valence-corrected chi connectivity index (χ2v) is 7.11. The standard InChI is InChI=1S/C22H25N5O2/c1-29-19-12-8-9-17(15-19)16-27(22(28)23-18-10-4-2-5-11-18)21-25-24-20-13-6-3-7-14-26(20)21/h2,4-5,8-12,15H,3,6-7,13-14,16H2,1H3,(H,23,28). The Morgan fingerprint density at radius 1 is 1.10 bits per heavy atom. The molecule has 1 N–H and O–H groups in total. The Kier molecular flexibility index (Phi) is 5.74. The van der Waals surface area contributed by atoms with Gasteiger partial charge in [-0.1, -0.05) is 36.8 Å². The normalized spacial score (nSPS) is 13.3. The molecule has 0 radical (unpaired) electrons. The number of amides is 2. The predicted molar refractivity (Wildman–Crippen MR) is 112 cm³/mol. The van der Waals surface area contributed by atoms with Gasteiger partial charge in [-0.3, -0.25) is 9.47 Å². The van der Waals surface area contributed by atoms with E-state index in [1.54, 1.807) is 12.0 Å². The number of anilines is 2. The van der Waals surface area contributed by atoms with Crippen molar-refractivity contribution in [3.05, 3.63) is 66.0 Å². The van der Waals surface area contributed by atoms with Crippen molar-refractivity contribution < 1.29 is 9.53 Å². The first-order valence-corrected chi connectivity index (χ1v) is 9.93. The molecule has 1 aromatic heterocycles. The first-order chi connectivity index (χ1) is 14.2. The minimum atomic E-state index is -0.238. The second-order valence-electron chi connectivity index (χ2n) is 7.11. The Morgan fingerprint density at radius 2 is 1.97 bits per heavy atom. The van der Waals surface area contributed by atoms with Crippen LogP contribution in [-0.4, -0.2) is 27.9 Å². The molecule has 2 heterocycles. The van der Waals surface area contributed by atoms with Crippen LogP contribution >= 0.6 is 0 Å². The van der Waals surface area contributed by atoms with E-state index in [2.05, 4.69) is 20.1 Å². The molecular weight excluding hydrogens is 366 g/mol. The molecular formula is C22H25N5O2. The van der Waals surface area contributed by atoms with Gasteiger partial charge >= 0.3 is 6.03 Å². The van der Waals surface area contributed by atoms with E-state index in [0.717, 1.165) is 55.1 Å². The van der Waals surface area contributed by atoms with Gasteiger partial charge in [-0.05, 0) is 42.7 Å². The summed E-state index contributed by atoms with van der Waals surface area (Å²) in [4.78, 5) is 14.9. The largest absolute Gasteiger partial charge is 0.497 e. The van der Waals surface area contributed by atoms with E-state index in [0.29, 0.717) is 12.5 Å². The number of nitrogens with zero attached hydrogens (tertiary/aromatic N) is 4. The smallest absolute Gasteiger partial charge is 0.329 e. The van der Waals surface area contributed by atoms with E-state index >= 15 is 0 Å². The summed E-state index contributed by atoms with van der Waals surface area (Å²) in [6, 6.07) is 16.9. The van der Waals surface area contributed by atoms with Crippen LogP contribution in [0.3, 0.4) is 0 Å². The predicted octanol–water partition coefficient (Wildman–Crippen LogP) is 4.25. The number of methoxy groups -OCH3 is 1. The highest BCUT2D eigenvalue weighted by Crippen LogP contribution is 2.24. The third kappa shape index (κ3) is 4.39. The van der Waals surface area contributed by atoms with Crippen molar-refractivity contribution in [1.82, 2.24) is 14.8 Å². The number of fused-ring (bicyclic) bond motifs is 1. The van der Waals surface area contributed by atoms with Crippen molar-refractivity contribution >= 4 is 17.7 Å². The molecule has 4 rings (SSSR count). The van der Waals surface area contributed by atoms with Crippen molar-refractivity contribution in [1.29, 1.82) is 0 Å². The molecule has 0 unspecified atom stereocenters. The third-order valence-electron chi connectivity index (χ3n) is 5.08. The van der Waals surface area contributed by atoms with Crippen LogP contribution in [0.5, 0.6) is 5.75 Å². The van der Waals surface area contributed by atoms with Crippen molar-refractivity contribution in [2.75, 3.05) is 17.3 Å². The Morgan fingerprint density at radius 3 is 2.79 bits per heavy atom. The average molecular weight is 391 g/mol. The minimum absolute atomic E-state index is 0.238. The molecule has 7 nitrogen and oxygen atoms in total. The van der Waals surface area contributed by atoms with Crippen molar-refractivity contribution in [3.8, 4) is 5.75 Å². The summed E-state index contributed by atoms with van der Waals surface area (Å²) in [6.45, 7) is 1.19. The number of para-hydroxylation sites is 1. The maximum atomic E-state index is 13.2. The molecule has 3 aromatic rings. The first-order valence-electron chi connectivity index (χ1n) is 9.93. The molecule has 0 fully saturated rings. The summed E-state index contributed by atoms with van der Waals surface area (Å²) in [5.74, 6) is 2.28. The first kappa shape index (κ1) is 19.0. The zero-order valence-corrected chi connectivity index (χ0v) is 16.5. The number of nitrogens with one attached hydrogen (secondary N) is 1. The van der Waals surface area contributed by atoms with Crippen LogP contribution in [0, 0.1) is 0 Å². The van der Waals surface area contributed by atoms with E-state index in [1.807, 2.05) is 54.6 Å². The molecule has 0 spiro atoms. The number of urea groups is 1. The molecule has 7 heteroatoms. The fourth-order valence-corrected chi connectivity index (χ4v) is 3.57. The van der Waals surface area contributed by atoms with E-state index in [9.17, 15) is 4.79 Å². The van der Waals surface area contributed by atoms with Gasteiger partial charge in [0.25, 0.3) is 0 Å². The van der Waals surface area contributed by atoms with Gasteiger partial charge in [0.05, 0.1) is 13.7 Å². The molecule has 0 saturated carbocycles. The third-order valence-corrected chi connectivity index (χ3v) is 5.08. The van der Waals surface area contributed by atoms with Crippen LogP contribution in [0.2, 0.25) is 0 Å². The fourth-order valence-electron chi connectivity index (χ4n) is 3.57. The lowest BCUT2D eigenvalue weighted by molar-refractivity contribution is 0.256. The van der Waals surface area contributed by atoms with Gasteiger partial charge < -0.3 is 10.1 Å². The molecule has 1 aliphatic heterocycles. The zero-order chi connectivity index (χ0) is 20.1. The number of hydrogen-bond acceptors (Lipinski definition) is 4. The van der Waals surface area contributed by atoms with Gasteiger partial charge in [-0.2, -0.15) is 0 Å². The van der Waals surface area contributed by atoms with E-state index in [4.69, 9.17) is 4.74 Å². The number of ether oxygens (including phenoxy) is 1. The lowest BCUT2D eigenvalue weighted by Gasteiger charge is -2.23. The van der Waals surface area contributed by atoms with E-state index < -0.39 is 0 Å². The molecule has 0 atom stereocenters. The average Bonchev–Trinajstić information content (AvgIpc) is 3.00. The number of aryl methyl sites for hydroxylation is 1. The highest BCUT2D eigenvalue weighted by Gasteiger charge is 2.25. The Hall–Kier alpha value is -3.35. The second kappa shape index (κ2) is 8.77. The lowest BCUT2D eigenvalue weighted by atomic mass is 10.2. The van der Waals surface area contributed by atoms with Crippen LogP contribution in [0.25, 0.3) is 0 Å². The van der Waals surface area contributed by atoms with Crippen LogP contribution in [-0.2, 0) is 19.5 Å². The molecule has 0 aliphatic carbocycles. The van der Waals surface area contributed by atoms with Gasteiger partial charge in [-0.25, -0.2) is 4.79 Å². The summed E-state index contributed by atoms with van der Waals surface area (Å²) in [5, 5.41) is 11.7. The summed E-state index contributed by atoms with van der Waals surface area (Å²) >= 11 is 0. The topological polar surface area (TPSA) is 72.3 Å². The number of benzene rings is 2. The number of hydrogen-bond donors (Lipinski definition) is 1. The molecule has 2 aromatic carbocycles. The van der Waals surface area contributed by atoms with Crippen LogP contribution in [0.4, 0.5) is 16.4 Å². The summed E-state index contributed by atoms with van der Waals surface area (Å²) in [5.41, 5.74) is 1.70. The molecule has 29 heavy (non-hydrogen) atoms. The van der Waals surface area contributed by atoms with Crippen molar-refractivity contribution in [2.45, 2.75) is 38.8 Å². The quantitative estimate of drug-likeness (QED) is 0.706. The Bertz CT molecular complexity index is 970. The SMILES string of the molecule is COc1cccc(CN(C(=O)Nc2ccccc2)c2nnc3n2CCCCC3)c1. The van der Waals surface area contributed by atoms with Gasteiger partial charge in [0.1, 0.15) is 11.6 Å². The summed E-state index contributed by atoms with van der Waals surface area (Å²) in [7, 11) is 1.64. The molecule has 0 saturated heterocycles. The summed E-state index contributed by atoms with van der Waals surface area (Å²) < 4.78 is 7.42. The zero-order valence-electron chi connectivity index (χ0n) is 16.5.